The zero-order valence-corrected chi connectivity index (χ0v) is 18.9. The largest absolute Gasteiger partial charge is 0.344 e. The van der Waals surface area contributed by atoms with Crippen LogP contribution in [0, 0.1) is 5.92 Å². The topological polar surface area (TPSA) is 52.7 Å². The molecule has 32 heavy (non-hydrogen) atoms. The summed E-state index contributed by atoms with van der Waals surface area (Å²) in [5.74, 6) is 0.484. The third-order valence-electron chi connectivity index (χ3n) is 6.79. The third-order valence-corrected chi connectivity index (χ3v) is 6.79. The lowest BCUT2D eigenvalue weighted by atomic mass is 9.95. The van der Waals surface area contributed by atoms with E-state index in [0.29, 0.717) is 12.5 Å². The molecule has 0 aliphatic carbocycles. The number of hydrogen-bond acceptors (Lipinski definition) is 3. The number of amides is 2. The average molecular weight is 434 g/mol. The zero-order chi connectivity index (χ0) is 22.2. The van der Waals surface area contributed by atoms with Gasteiger partial charge in [0.15, 0.2) is 0 Å². The van der Waals surface area contributed by atoms with Crippen molar-refractivity contribution in [1.29, 1.82) is 0 Å². The number of likely N-dealkylation sites (tertiary alicyclic amines) is 2. The first-order valence-corrected chi connectivity index (χ1v) is 12.1. The molecular weight excluding hydrogens is 398 g/mol. The maximum Gasteiger partial charge on any atom is 0.234 e. The minimum Gasteiger partial charge on any atom is -0.344 e. The van der Waals surface area contributed by atoms with Gasteiger partial charge in [-0.1, -0.05) is 73.5 Å². The summed E-state index contributed by atoms with van der Waals surface area (Å²) in [6.45, 7) is 3.82. The van der Waals surface area contributed by atoms with Gasteiger partial charge in [0.25, 0.3) is 0 Å². The van der Waals surface area contributed by atoms with Crippen molar-refractivity contribution in [3.05, 3.63) is 71.8 Å². The number of rotatable bonds is 6. The molecule has 2 heterocycles. The molecule has 5 heteroatoms. The van der Waals surface area contributed by atoms with Crippen LogP contribution in [0.4, 0.5) is 0 Å². The average Bonchev–Trinajstić information content (AvgIpc) is 3.13. The fraction of sp³-hybridized carbons (Fsp3) is 0.481. The number of carbonyl (C=O) groups is 2. The smallest absolute Gasteiger partial charge is 0.234 e. The van der Waals surface area contributed by atoms with Gasteiger partial charge in [0.2, 0.25) is 11.8 Å². The van der Waals surface area contributed by atoms with E-state index in [-0.39, 0.29) is 17.9 Å². The highest BCUT2D eigenvalue weighted by Gasteiger charge is 2.29. The highest BCUT2D eigenvalue weighted by Crippen LogP contribution is 2.23. The Morgan fingerprint density at radius 3 is 1.84 bits per heavy atom. The van der Waals surface area contributed by atoms with E-state index < -0.39 is 0 Å². The Labute approximate surface area is 191 Å². The maximum atomic E-state index is 12.9. The van der Waals surface area contributed by atoms with Crippen LogP contribution < -0.4 is 5.32 Å². The van der Waals surface area contributed by atoms with E-state index >= 15 is 0 Å². The van der Waals surface area contributed by atoms with Gasteiger partial charge in [-0.2, -0.15) is 0 Å². The second kappa shape index (κ2) is 11.3. The molecule has 0 spiro atoms. The number of hydrogen-bond donors (Lipinski definition) is 1. The number of nitrogens with zero attached hydrogens (tertiary/aromatic N) is 2. The van der Waals surface area contributed by atoms with Crippen molar-refractivity contribution < 1.29 is 9.59 Å². The van der Waals surface area contributed by atoms with Crippen LogP contribution in [-0.4, -0.2) is 54.3 Å². The molecule has 0 aromatic heterocycles. The molecule has 4 rings (SSSR count). The summed E-state index contributed by atoms with van der Waals surface area (Å²) in [5, 5.41) is 3.23. The molecule has 0 atom stereocenters. The number of carbonyl (C=O) groups excluding carboxylic acids is 2. The lowest BCUT2D eigenvalue weighted by Crippen LogP contribution is -2.46. The molecule has 0 bridgehead atoms. The molecule has 5 nitrogen and oxygen atoms in total. The Morgan fingerprint density at radius 1 is 0.781 bits per heavy atom. The lowest BCUT2D eigenvalue weighted by molar-refractivity contribution is -0.137. The predicted molar refractivity (Wildman–Crippen MR) is 127 cm³/mol. The summed E-state index contributed by atoms with van der Waals surface area (Å²) >= 11 is 0. The molecule has 170 valence electrons. The molecule has 0 unspecified atom stereocenters. The molecular formula is C27H35N3O2. The molecule has 0 saturated carbocycles. The van der Waals surface area contributed by atoms with E-state index in [0.717, 1.165) is 63.0 Å². The molecule has 2 aliphatic heterocycles. The summed E-state index contributed by atoms with van der Waals surface area (Å²) in [7, 11) is 0. The molecule has 1 N–H and O–H groups in total. The summed E-state index contributed by atoms with van der Waals surface area (Å²) in [4.78, 5) is 30.1. The Morgan fingerprint density at radius 2 is 1.31 bits per heavy atom. The van der Waals surface area contributed by atoms with Gasteiger partial charge in [0.1, 0.15) is 0 Å². The van der Waals surface area contributed by atoms with Crippen LogP contribution in [0.25, 0.3) is 0 Å². The monoisotopic (exact) mass is 433 g/mol. The normalized spacial score (nSPS) is 18.3. The highest BCUT2D eigenvalue weighted by atomic mass is 16.2. The first-order chi connectivity index (χ1) is 15.7. The Hall–Kier alpha value is -2.66. The molecule has 2 amide bonds. The summed E-state index contributed by atoms with van der Waals surface area (Å²) in [5.41, 5.74) is 2.16. The van der Waals surface area contributed by atoms with E-state index in [9.17, 15) is 9.59 Å². The standard InChI is InChI=1S/C27H35N3O2/c31-25(28-26(22-11-5-3-6-12-22)23-13-7-4-8-14-23)21-29-19-15-24(16-20-29)27(32)30-17-9-1-2-10-18-30/h3-8,11-14,24,26H,1-2,9-10,15-21H2,(H,28,31). The van der Waals surface area contributed by atoms with Crippen molar-refractivity contribution in [2.24, 2.45) is 5.92 Å². The van der Waals surface area contributed by atoms with Crippen LogP contribution >= 0.6 is 0 Å². The first kappa shape index (κ1) is 22.5. The molecule has 0 radical (unpaired) electrons. The van der Waals surface area contributed by atoms with Crippen molar-refractivity contribution in [3.63, 3.8) is 0 Å². The predicted octanol–water partition coefficient (Wildman–Crippen LogP) is 4.01. The van der Waals surface area contributed by atoms with Crippen LogP contribution in [0.2, 0.25) is 0 Å². The van der Waals surface area contributed by atoms with Crippen LogP contribution in [0.15, 0.2) is 60.7 Å². The zero-order valence-electron chi connectivity index (χ0n) is 18.9. The molecule has 2 aromatic rings. The second-order valence-corrected chi connectivity index (χ2v) is 9.11. The minimum absolute atomic E-state index is 0.0278. The molecule has 2 fully saturated rings. The number of benzene rings is 2. The van der Waals surface area contributed by atoms with Crippen LogP contribution in [0.5, 0.6) is 0 Å². The van der Waals surface area contributed by atoms with Crippen molar-refractivity contribution in [2.45, 2.75) is 44.6 Å². The van der Waals surface area contributed by atoms with E-state index in [1.807, 2.05) is 36.4 Å². The fourth-order valence-corrected chi connectivity index (χ4v) is 4.95. The molecule has 2 aromatic carbocycles. The number of nitrogens with one attached hydrogen (secondary N) is 1. The molecule has 2 saturated heterocycles. The van der Waals surface area contributed by atoms with Gasteiger partial charge in [-0.3, -0.25) is 14.5 Å². The van der Waals surface area contributed by atoms with E-state index in [1.165, 1.54) is 12.8 Å². The SMILES string of the molecule is O=C(CN1CCC(C(=O)N2CCCCCC2)CC1)NC(c1ccccc1)c1ccccc1. The fourth-order valence-electron chi connectivity index (χ4n) is 4.95. The van der Waals surface area contributed by atoms with Crippen molar-refractivity contribution in [3.8, 4) is 0 Å². The lowest BCUT2D eigenvalue weighted by Gasteiger charge is -2.34. The Bertz CT molecular complexity index is 815. The molecule has 2 aliphatic rings. The quantitative estimate of drug-likeness (QED) is 0.749. The van der Waals surface area contributed by atoms with Gasteiger partial charge in [-0.05, 0) is 49.9 Å². The summed E-state index contributed by atoms with van der Waals surface area (Å²) in [6, 6.07) is 20.0. The Balaban J connectivity index is 1.30. The second-order valence-electron chi connectivity index (χ2n) is 9.11. The third kappa shape index (κ3) is 5.98. The van der Waals surface area contributed by atoms with Crippen molar-refractivity contribution >= 4 is 11.8 Å². The van der Waals surface area contributed by atoms with Crippen LogP contribution in [0.3, 0.4) is 0 Å². The van der Waals surface area contributed by atoms with Gasteiger partial charge < -0.3 is 10.2 Å². The van der Waals surface area contributed by atoms with E-state index in [4.69, 9.17) is 0 Å². The van der Waals surface area contributed by atoms with E-state index in [1.54, 1.807) is 0 Å². The summed E-state index contributed by atoms with van der Waals surface area (Å²) in [6.07, 6.45) is 6.45. The highest BCUT2D eigenvalue weighted by molar-refractivity contribution is 5.80. The van der Waals surface area contributed by atoms with Crippen molar-refractivity contribution in [1.82, 2.24) is 15.1 Å². The minimum atomic E-state index is -0.160. The van der Waals surface area contributed by atoms with Crippen molar-refractivity contribution in [2.75, 3.05) is 32.7 Å². The summed E-state index contributed by atoms with van der Waals surface area (Å²) < 4.78 is 0. The van der Waals surface area contributed by atoms with E-state index in [2.05, 4.69) is 39.4 Å². The Kier molecular flexibility index (Phi) is 7.94. The van der Waals surface area contributed by atoms with Crippen LogP contribution in [0.1, 0.15) is 55.7 Å². The van der Waals surface area contributed by atoms with Gasteiger partial charge in [0.05, 0.1) is 12.6 Å². The van der Waals surface area contributed by atoms with Gasteiger partial charge in [0, 0.05) is 19.0 Å². The number of piperidine rings is 1. The van der Waals surface area contributed by atoms with Gasteiger partial charge in [-0.25, -0.2) is 0 Å². The van der Waals surface area contributed by atoms with Gasteiger partial charge in [-0.15, -0.1) is 0 Å². The maximum absolute atomic E-state index is 12.9. The first-order valence-electron chi connectivity index (χ1n) is 12.1. The van der Waals surface area contributed by atoms with Crippen LogP contribution in [-0.2, 0) is 9.59 Å². The van der Waals surface area contributed by atoms with Gasteiger partial charge >= 0.3 is 0 Å².